The minimum absolute atomic E-state index is 0. The minimum Gasteiger partial charge on any atom is -0.315 e. The lowest BCUT2D eigenvalue weighted by molar-refractivity contribution is 0.102. The van der Waals surface area contributed by atoms with E-state index in [0.717, 1.165) is 44.5 Å². The van der Waals surface area contributed by atoms with Gasteiger partial charge in [-0.1, -0.05) is 20.8 Å². The summed E-state index contributed by atoms with van der Waals surface area (Å²) in [5, 5.41) is 11.5. The summed E-state index contributed by atoms with van der Waals surface area (Å²) < 4.78 is 1.92. The van der Waals surface area contributed by atoms with E-state index in [9.17, 15) is 4.79 Å². The number of aromatic nitrogens is 3. The summed E-state index contributed by atoms with van der Waals surface area (Å²) in [6.07, 6.45) is 7.40. The Bertz CT molecular complexity index is 819. The molecule has 0 bridgehead atoms. The lowest BCUT2D eigenvalue weighted by atomic mass is 9.73. The predicted molar refractivity (Wildman–Crippen MR) is 116 cm³/mol. The quantitative estimate of drug-likeness (QED) is 0.779. The molecule has 0 spiro atoms. The Morgan fingerprint density at radius 1 is 1.36 bits per heavy atom. The maximum absolute atomic E-state index is 12.6. The Morgan fingerprint density at radius 2 is 2.18 bits per heavy atom. The number of hydrogen-bond donors (Lipinski definition) is 2. The summed E-state index contributed by atoms with van der Waals surface area (Å²) in [6, 6.07) is 2.13. The van der Waals surface area contributed by atoms with Gasteiger partial charge in [-0.15, -0.1) is 23.7 Å². The fourth-order valence-corrected chi connectivity index (χ4v) is 5.13. The number of nitrogens with one attached hydrogen (secondary N) is 2. The van der Waals surface area contributed by atoms with E-state index >= 15 is 0 Å². The summed E-state index contributed by atoms with van der Waals surface area (Å²) in [5.74, 6) is 0.504. The first-order valence-corrected chi connectivity index (χ1v) is 10.8. The first-order chi connectivity index (χ1) is 12.9. The van der Waals surface area contributed by atoms with Crippen molar-refractivity contribution in [2.75, 3.05) is 18.4 Å². The van der Waals surface area contributed by atoms with Crippen LogP contribution in [-0.2, 0) is 12.8 Å². The molecule has 2 unspecified atom stereocenters. The summed E-state index contributed by atoms with van der Waals surface area (Å²) in [4.78, 5) is 18.6. The van der Waals surface area contributed by atoms with Crippen LogP contribution < -0.4 is 10.6 Å². The monoisotopic (exact) mass is 423 g/mol. The van der Waals surface area contributed by atoms with Crippen molar-refractivity contribution in [1.82, 2.24) is 20.1 Å². The van der Waals surface area contributed by atoms with Crippen molar-refractivity contribution in [2.24, 2.45) is 11.3 Å². The smallest absolute Gasteiger partial charge is 0.277 e. The second kappa shape index (κ2) is 8.51. The molecule has 0 radical (unpaired) electrons. The number of fused-ring (bicyclic) bond motifs is 1. The number of halogens is 1. The van der Waals surface area contributed by atoms with Crippen LogP contribution in [0.3, 0.4) is 0 Å². The first-order valence-electron chi connectivity index (χ1n) is 9.96. The van der Waals surface area contributed by atoms with Gasteiger partial charge in [-0.05, 0) is 56.0 Å². The molecule has 2 aromatic rings. The summed E-state index contributed by atoms with van der Waals surface area (Å²) in [7, 11) is 0. The average molecular weight is 424 g/mol. The van der Waals surface area contributed by atoms with E-state index in [1.165, 1.54) is 11.3 Å². The molecule has 28 heavy (non-hydrogen) atoms. The number of rotatable bonds is 3. The zero-order valence-corrected chi connectivity index (χ0v) is 18.5. The molecule has 2 N–H and O–H groups in total. The van der Waals surface area contributed by atoms with Crippen molar-refractivity contribution < 1.29 is 4.79 Å². The number of carbonyl (C=O) groups excluding carboxylic acids is 1. The van der Waals surface area contributed by atoms with Gasteiger partial charge in [0.25, 0.3) is 5.91 Å². The molecule has 3 heterocycles. The van der Waals surface area contributed by atoms with Crippen molar-refractivity contribution in [3.8, 4) is 0 Å². The molecule has 2 atom stereocenters. The van der Waals surface area contributed by atoms with Gasteiger partial charge in [0.05, 0.1) is 11.7 Å². The Balaban J connectivity index is 0.00000225. The number of amides is 1. The molecule has 0 saturated carbocycles. The number of anilines is 1. The molecule has 1 aliphatic heterocycles. The predicted octanol–water partition coefficient (Wildman–Crippen LogP) is 4.09. The summed E-state index contributed by atoms with van der Waals surface area (Å²) in [6.45, 7) is 8.91. The van der Waals surface area contributed by atoms with Gasteiger partial charge in [-0.3, -0.25) is 14.8 Å². The highest BCUT2D eigenvalue weighted by Gasteiger charge is 2.31. The molecule has 2 aliphatic rings. The number of aryl methyl sites for hydroxylation is 1. The molecule has 4 rings (SSSR count). The van der Waals surface area contributed by atoms with E-state index in [0.29, 0.717) is 28.2 Å². The van der Waals surface area contributed by atoms with Crippen LogP contribution in [0.5, 0.6) is 0 Å². The van der Waals surface area contributed by atoms with Gasteiger partial charge < -0.3 is 5.32 Å². The zero-order valence-electron chi connectivity index (χ0n) is 16.8. The van der Waals surface area contributed by atoms with E-state index in [1.54, 1.807) is 17.4 Å². The molecule has 1 saturated heterocycles. The Hall–Kier alpha value is -1.44. The molecule has 1 amide bonds. The van der Waals surface area contributed by atoms with E-state index in [1.807, 2.05) is 10.9 Å². The van der Waals surface area contributed by atoms with Crippen LogP contribution in [0.15, 0.2) is 12.3 Å². The van der Waals surface area contributed by atoms with Crippen molar-refractivity contribution in [3.63, 3.8) is 0 Å². The first kappa shape index (κ1) is 21.3. The third-order valence-electron chi connectivity index (χ3n) is 5.87. The molecule has 154 valence electrons. The SMILES string of the molecule is CC(C)(C)C1CCc2nc(NC(=O)c3ccn(C4CCCNC4)n3)sc2C1.Cl. The topological polar surface area (TPSA) is 71.8 Å². The van der Waals surface area contributed by atoms with Crippen molar-refractivity contribution in [1.29, 1.82) is 0 Å². The highest BCUT2D eigenvalue weighted by atomic mass is 35.5. The van der Waals surface area contributed by atoms with Gasteiger partial charge in [-0.2, -0.15) is 5.10 Å². The van der Waals surface area contributed by atoms with Crippen LogP contribution in [0, 0.1) is 11.3 Å². The van der Waals surface area contributed by atoms with Gasteiger partial charge in [0.2, 0.25) is 0 Å². The Morgan fingerprint density at radius 3 is 2.89 bits per heavy atom. The minimum atomic E-state index is -0.170. The lowest BCUT2D eigenvalue weighted by Gasteiger charge is -2.33. The van der Waals surface area contributed by atoms with Crippen molar-refractivity contribution in [3.05, 3.63) is 28.5 Å². The van der Waals surface area contributed by atoms with Crippen LogP contribution in [-0.4, -0.2) is 33.8 Å². The maximum Gasteiger partial charge on any atom is 0.277 e. The van der Waals surface area contributed by atoms with E-state index in [4.69, 9.17) is 0 Å². The number of piperidine rings is 1. The fourth-order valence-electron chi connectivity index (χ4n) is 4.05. The fraction of sp³-hybridized carbons (Fsp3) is 0.650. The Kier molecular flexibility index (Phi) is 6.47. The lowest BCUT2D eigenvalue weighted by Crippen LogP contribution is -2.32. The molecular weight excluding hydrogens is 394 g/mol. The third-order valence-corrected chi connectivity index (χ3v) is 6.91. The van der Waals surface area contributed by atoms with Gasteiger partial charge in [0.1, 0.15) is 0 Å². The van der Waals surface area contributed by atoms with Crippen molar-refractivity contribution >= 4 is 34.8 Å². The largest absolute Gasteiger partial charge is 0.315 e. The molecular formula is C20H30ClN5OS. The second-order valence-electron chi connectivity index (χ2n) is 8.83. The summed E-state index contributed by atoms with van der Waals surface area (Å²) >= 11 is 1.63. The third kappa shape index (κ3) is 4.58. The zero-order chi connectivity index (χ0) is 19.0. The van der Waals surface area contributed by atoms with Crippen LogP contribution in [0.1, 0.15) is 67.1 Å². The number of thiazole rings is 1. The van der Waals surface area contributed by atoms with Crippen molar-refractivity contribution in [2.45, 2.75) is 58.9 Å². The molecule has 2 aromatic heterocycles. The average Bonchev–Trinajstić information content (AvgIpc) is 3.27. The number of carbonyl (C=O) groups is 1. The highest BCUT2D eigenvalue weighted by Crippen LogP contribution is 2.40. The van der Waals surface area contributed by atoms with Gasteiger partial charge >= 0.3 is 0 Å². The standard InChI is InChI=1S/C20H29N5OS.ClH/c1-20(2,3)13-6-7-15-17(11-13)27-19(22-15)23-18(26)16-8-10-25(24-16)14-5-4-9-21-12-14;/h8,10,13-14,21H,4-7,9,11-12H2,1-3H3,(H,22,23,26);1H. The Labute approximate surface area is 176 Å². The van der Waals surface area contributed by atoms with Gasteiger partial charge in [0, 0.05) is 17.6 Å². The highest BCUT2D eigenvalue weighted by molar-refractivity contribution is 7.15. The molecule has 0 aromatic carbocycles. The van der Waals surface area contributed by atoms with E-state index < -0.39 is 0 Å². The number of hydrogen-bond acceptors (Lipinski definition) is 5. The van der Waals surface area contributed by atoms with Crippen LogP contribution in [0.2, 0.25) is 0 Å². The van der Waals surface area contributed by atoms with E-state index in [2.05, 4.69) is 41.5 Å². The molecule has 8 heteroatoms. The van der Waals surface area contributed by atoms with Crippen LogP contribution in [0.4, 0.5) is 5.13 Å². The molecule has 6 nitrogen and oxygen atoms in total. The molecule has 1 aliphatic carbocycles. The molecule has 1 fully saturated rings. The van der Waals surface area contributed by atoms with E-state index in [-0.39, 0.29) is 18.3 Å². The van der Waals surface area contributed by atoms with Gasteiger partial charge in [0.15, 0.2) is 10.8 Å². The second-order valence-corrected chi connectivity index (χ2v) is 9.91. The number of nitrogens with zero attached hydrogens (tertiary/aromatic N) is 3. The maximum atomic E-state index is 12.6. The van der Waals surface area contributed by atoms with Crippen LogP contribution >= 0.6 is 23.7 Å². The van der Waals surface area contributed by atoms with Gasteiger partial charge in [-0.25, -0.2) is 4.98 Å². The normalized spacial score (nSPS) is 22.2. The van der Waals surface area contributed by atoms with Crippen LogP contribution in [0.25, 0.3) is 0 Å². The summed E-state index contributed by atoms with van der Waals surface area (Å²) in [5.41, 5.74) is 1.93.